The first-order valence-electron chi connectivity index (χ1n) is 31.3. The van der Waals surface area contributed by atoms with E-state index in [1.807, 2.05) is 68.3 Å². The normalized spacial score (nSPS) is 22.7. The maximum Gasteiger partial charge on any atom is 0.355 e. The molecule has 6 aromatic rings. The number of anilines is 5. The smallest absolute Gasteiger partial charge is 0.355 e. The molecular formula is C66H83N13O8S. The maximum absolute atomic E-state index is 13.4. The summed E-state index contributed by atoms with van der Waals surface area (Å²) in [4.78, 5) is 94.1. The molecule has 88 heavy (non-hydrogen) atoms. The van der Waals surface area contributed by atoms with Gasteiger partial charge in [0.25, 0.3) is 11.8 Å². The van der Waals surface area contributed by atoms with Crippen molar-refractivity contribution in [3.63, 3.8) is 0 Å². The van der Waals surface area contributed by atoms with Crippen LogP contribution in [0.5, 0.6) is 0 Å². The van der Waals surface area contributed by atoms with Crippen molar-refractivity contribution in [2.75, 3.05) is 69.5 Å². The number of thiazole rings is 1. The van der Waals surface area contributed by atoms with Crippen LogP contribution in [-0.2, 0) is 25.7 Å². The number of likely N-dealkylation sites (N-methyl/N-ethyl adjacent to an activating group) is 1. The number of hydrogen-bond donors (Lipinski definition) is 4. The van der Waals surface area contributed by atoms with E-state index in [9.17, 15) is 33.9 Å². The third kappa shape index (κ3) is 12.7. The number of carbonyl (C=O) groups is 6. The quantitative estimate of drug-likeness (QED) is 0.0252. The number of hydrogen-bond acceptors (Lipinski definition) is 17. The summed E-state index contributed by atoms with van der Waals surface area (Å²) in [5, 5.41) is 34.8. The molecule has 3 atom stereocenters. The fourth-order valence-corrected chi connectivity index (χ4v) is 16.4. The molecule has 4 aliphatic carbocycles. The number of ether oxygens (including phenoxy) is 1. The zero-order valence-corrected chi connectivity index (χ0v) is 52.7. The van der Waals surface area contributed by atoms with Crippen LogP contribution in [0.15, 0.2) is 66.9 Å². The Morgan fingerprint density at radius 2 is 1.52 bits per heavy atom. The highest BCUT2D eigenvalue weighted by Crippen LogP contribution is 2.77. The minimum Gasteiger partial charge on any atom is -0.476 e. The number of rotatable bonds is 29. The highest BCUT2D eigenvalue weighted by atomic mass is 32.1. The van der Waals surface area contributed by atoms with Crippen molar-refractivity contribution in [2.45, 2.75) is 155 Å². The first kappa shape index (κ1) is 61.9. The largest absolute Gasteiger partial charge is 0.476 e. The van der Waals surface area contributed by atoms with Gasteiger partial charge in [0, 0.05) is 80.5 Å². The van der Waals surface area contributed by atoms with Crippen molar-refractivity contribution in [1.29, 1.82) is 0 Å². The molecule has 4 bridgehead atoms. The summed E-state index contributed by atoms with van der Waals surface area (Å²) >= 11 is 1.53. The van der Waals surface area contributed by atoms with Crippen LogP contribution in [0.3, 0.4) is 0 Å². The van der Waals surface area contributed by atoms with Gasteiger partial charge in [-0.15, -0.1) is 10.2 Å². The number of aromatic carboxylic acids is 1. The van der Waals surface area contributed by atoms with Crippen LogP contribution in [0.4, 0.5) is 28.3 Å². The first-order valence-corrected chi connectivity index (χ1v) is 32.1. The van der Waals surface area contributed by atoms with E-state index in [0.717, 1.165) is 109 Å². The summed E-state index contributed by atoms with van der Waals surface area (Å²) in [6.45, 7) is 12.7. The van der Waals surface area contributed by atoms with Crippen LogP contribution in [0.1, 0.15) is 165 Å². The van der Waals surface area contributed by atoms with E-state index in [0.29, 0.717) is 85.9 Å². The number of nitrogens with zero attached hydrogens (tertiary/aromatic N) is 10. The Kier molecular flexibility index (Phi) is 17.9. The van der Waals surface area contributed by atoms with Gasteiger partial charge in [-0.1, -0.05) is 75.5 Å². The number of carboxylic acid groups (broad SMARTS) is 1. The summed E-state index contributed by atoms with van der Waals surface area (Å²) < 4.78 is 10.2. The standard InChI is InChI=1S/C66H83N13O8S/c1-42-34-52(73-74-57(42)72-62-69-47-21-14-15-23-50(47)88-62)77(51-27-25-44(56(70-51)61(85)86)46-35-68-78(43(46)2)41-65-37-63(3)36-64(4,38-65)40-66(65,39-63)87-33-32-75(5)6)31-18-17-30-76(7)54(81)24-13-11-9-8-10-12-16-29-67-48-22-19-20-45-55(48)60(84)79(59(45)83)49-26-28-53(80)71-58(49)82/h14-15,19-23,25,27,34-35,49,67H,8-13,16-18,24,26,28-33,36-41H2,1-7H3,(H,85,86)(H,69,72,74)(H,71,80,82). The van der Waals surface area contributed by atoms with Gasteiger partial charge in [0.05, 0.1) is 39.7 Å². The van der Waals surface area contributed by atoms with Gasteiger partial charge in [0.15, 0.2) is 22.5 Å². The van der Waals surface area contributed by atoms with Gasteiger partial charge < -0.3 is 35.2 Å². The third-order valence-electron chi connectivity index (χ3n) is 19.1. The van der Waals surface area contributed by atoms with Crippen LogP contribution in [-0.4, -0.2) is 151 Å². The van der Waals surface area contributed by atoms with Gasteiger partial charge in [-0.2, -0.15) is 5.10 Å². The van der Waals surface area contributed by atoms with Crippen LogP contribution < -0.4 is 20.9 Å². The van der Waals surface area contributed by atoms with E-state index >= 15 is 0 Å². The summed E-state index contributed by atoms with van der Waals surface area (Å²) in [5.74, 6) is -1.68. The molecule has 5 fully saturated rings. The number of unbranched alkanes of at least 4 members (excludes halogenated alkanes) is 7. The second-order valence-corrected chi connectivity index (χ2v) is 27.5. The summed E-state index contributed by atoms with van der Waals surface area (Å²) in [7, 11) is 6.01. The minimum atomic E-state index is -1.15. The molecule has 0 spiro atoms. The second kappa shape index (κ2) is 25.4. The van der Waals surface area contributed by atoms with Gasteiger partial charge in [-0.05, 0) is 151 Å². The lowest BCUT2D eigenvalue weighted by atomic mass is 9.61. The molecule has 1 saturated heterocycles. The van der Waals surface area contributed by atoms with E-state index in [1.165, 1.54) is 17.8 Å². The molecular weight excluding hydrogens is 1130 g/mol. The van der Waals surface area contributed by atoms with E-state index in [-0.39, 0.29) is 57.4 Å². The van der Waals surface area contributed by atoms with Crippen LogP contribution >= 0.6 is 11.3 Å². The number of piperidine rings is 1. The van der Waals surface area contributed by atoms with Crippen LogP contribution in [0, 0.1) is 30.1 Å². The average molecular weight is 1220 g/mol. The van der Waals surface area contributed by atoms with Crippen LogP contribution in [0.2, 0.25) is 0 Å². The Labute approximate surface area is 518 Å². The average Bonchev–Trinajstić information content (AvgIpc) is 1.51. The van der Waals surface area contributed by atoms with Crippen molar-refractivity contribution in [3.8, 4) is 11.1 Å². The topological polar surface area (TPSA) is 250 Å². The lowest BCUT2D eigenvalue weighted by Crippen LogP contribution is -2.54. The number of imide groups is 2. The van der Waals surface area contributed by atoms with Crippen molar-refractivity contribution >= 4 is 85.3 Å². The molecule has 4 N–H and O–H groups in total. The van der Waals surface area contributed by atoms with Gasteiger partial charge in [-0.25, -0.2) is 14.8 Å². The molecule has 2 aliphatic heterocycles. The molecule has 4 aromatic heterocycles. The van der Waals surface area contributed by atoms with Crippen molar-refractivity contribution in [3.05, 3.63) is 94.9 Å². The molecule has 6 aliphatic rings. The number of pyridine rings is 1. The Morgan fingerprint density at radius 1 is 0.784 bits per heavy atom. The molecule has 2 aromatic carbocycles. The molecule has 5 amide bonds. The monoisotopic (exact) mass is 1220 g/mol. The van der Waals surface area contributed by atoms with E-state index in [1.54, 1.807) is 29.3 Å². The molecule has 12 rings (SSSR count). The number of carboxylic acids is 1. The second-order valence-electron chi connectivity index (χ2n) is 26.5. The predicted molar refractivity (Wildman–Crippen MR) is 338 cm³/mol. The maximum atomic E-state index is 13.4. The number of aromatic nitrogens is 6. The van der Waals surface area contributed by atoms with Gasteiger partial charge in [-0.3, -0.25) is 38.9 Å². The zero-order chi connectivity index (χ0) is 62.1. The lowest BCUT2D eigenvalue weighted by molar-refractivity contribution is -0.136. The van der Waals surface area contributed by atoms with Crippen molar-refractivity contribution < 1.29 is 38.6 Å². The highest BCUT2D eigenvalue weighted by molar-refractivity contribution is 7.22. The number of para-hydroxylation sites is 1. The van der Waals surface area contributed by atoms with Crippen LogP contribution in [0.25, 0.3) is 21.3 Å². The summed E-state index contributed by atoms with van der Waals surface area (Å²) in [5.41, 5.74) is 4.88. The van der Waals surface area contributed by atoms with E-state index in [2.05, 4.69) is 58.6 Å². The molecule has 22 heteroatoms. The molecule has 4 saturated carbocycles. The minimum absolute atomic E-state index is 0.0664. The van der Waals surface area contributed by atoms with Crippen molar-refractivity contribution in [2.24, 2.45) is 16.2 Å². The third-order valence-corrected chi connectivity index (χ3v) is 20.0. The fraction of sp³-hybridized carbons (Fsp3) is 0.530. The number of nitrogens with one attached hydrogen (secondary N) is 3. The van der Waals surface area contributed by atoms with Crippen molar-refractivity contribution in [1.82, 2.24) is 50.0 Å². The highest BCUT2D eigenvalue weighted by Gasteiger charge is 2.74. The number of fused-ring (bicyclic) bond motifs is 2. The lowest BCUT2D eigenvalue weighted by Gasteiger charge is -2.44. The molecule has 0 radical (unpaired) electrons. The molecule has 466 valence electrons. The Bertz CT molecular complexity index is 3600. The molecule has 6 heterocycles. The van der Waals surface area contributed by atoms with E-state index < -0.39 is 35.6 Å². The number of benzene rings is 2. The Morgan fingerprint density at radius 3 is 2.25 bits per heavy atom. The first-order chi connectivity index (χ1) is 42.2. The van der Waals surface area contributed by atoms with Gasteiger partial charge in [0.2, 0.25) is 17.7 Å². The predicted octanol–water partition coefficient (Wildman–Crippen LogP) is 10.7. The molecule has 21 nitrogen and oxygen atoms in total. The van der Waals surface area contributed by atoms with Gasteiger partial charge in [0.1, 0.15) is 11.9 Å². The number of carbonyl (C=O) groups excluding carboxylic acids is 5. The zero-order valence-electron chi connectivity index (χ0n) is 51.9. The van der Waals surface area contributed by atoms with E-state index in [4.69, 9.17) is 24.9 Å². The number of aryl methyl sites for hydroxylation is 1. The van der Waals surface area contributed by atoms with Gasteiger partial charge >= 0.3 is 5.97 Å². The summed E-state index contributed by atoms with van der Waals surface area (Å²) in [6, 6.07) is 17.6. The number of amides is 5. The Hall–Kier alpha value is -7.69. The summed E-state index contributed by atoms with van der Waals surface area (Å²) in [6.07, 6.45) is 15.8. The Balaban J connectivity index is 0.688. The SMILES string of the molecule is Cc1cc(N(CCCCN(C)C(=O)CCCCCCCCCNc2cccc3c2C(=O)N(C2CCC(=O)NC2=O)C3=O)c2ccc(-c3cnn(CC45CC6(C)CC(C)(C4)CC5(OCCN(C)C)C6)c3C)c(C(=O)O)n2)nnc1Nc1nc2ccccc2s1. The fourth-order valence-electron chi connectivity index (χ4n) is 15.5. The molecule has 3 unspecified atom stereocenters.